The van der Waals surface area contributed by atoms with Crippen molar-refractivity contribution in [1.29, 1.82) is 0 Å². The van der Waals surface area contributed by atoms with E-state index in [4.69, 9.17) is 10.8 Å². The Bertz CT molecular complexity index is 290. The molecular formula is C12H20N2O. The smallest absolute Gasteiger partial charge is 0.0512 e. The van der Waals surface area contributed by atoms with E-state index in [1.807, 2.05) is 26.0 Å². The summed E-state index contributed by atoms with van der Waals surface area (Å²) in [6.45, 7) is 4.70. The highest BCUT2D eigenvalue weighted by atomic mass is 16.3. The zero-order valence-corrected chi connectivity index (χ0v) is 9.46. The van der Waals surface area contributed by atoms with E-state index in [0.29, 0.717) is 0 Å². The van der Waals surface area contributed by atoms with Crippen molar-refractivity contribution >= 4 is 11.4 Å². The van der Waals surface area contributed by atoms with Gasteiger partial charge in [-0.05, 0) is 50.5 Å². The molecule has 0 aliphatic rings. The first-order valence-corrected chi connectivity index (χ1v) is 5.37. The van der Waals surface area contributed by atoms with Crippen molar-refractivity contribution in [3.05, 3.63) is 23.8 Å². The molecule has 1 atom stereocenters. The quantitative estimate of drug-likeness (QED) is 0.513. The van der Waals surface area contributed by atoms with Gasteiger partial charge in [-0.2, -0.15) is 0 Å². The molecule has 0 saturated heterocycles. The van der Waals surface area contributed by atoms with Crippen LogP contribution in [0.2, 0.25) is 0 Å². The molecule has 0 aliphatic carbocycles. The van der Waals surface area contributed by atoms with Crippen molar-refractivity contribution in [3.8, 4) is 0 Å². The van der Waals surface area contributed by atoms with Crippen LogP contribution in [0.4, 0.5) is 11.4 Å². The summed E-state index contributed by atoms with van der Waals surface area (Å²) in [6, 6.07) is 5.94. The standard InChI is InChI=1S/C12H20N2O/c1-9-6-11(13)8-12(7-9)14-5-3-4-10(2)15/h6-8,10,14-15H,3-5,13H2,1-2H3. The summed E-state index contributed by atoms with van der Waals surface area (Å²) >= 11 is 0. The second kappa shape index (κ2) is 5.61. The minimum Gasteiger partial charge on any atom is -0.399 e. The highest BCUT2D eigenvalue weighted by molar-refractivity contribution is 5.56. The summed E-state index contributed by atoms with van der Waals surface area (Å²) in [5.74, 6) is 0. The molecule has 84 valence electrons. The summed E-state index contributed by atoms with van der Waals surface area (Å²) in [5.41, 5.74) is 8.73. The van der Waals surface area contributed by atoms with Gasteiger partial charge in [0.05, 0.1) is 6.10 Å². The van der Waals surface area contributed by atoms with E-state index in [1.165, 1.54) is 0 Å². The summed E-state index contributed by atoms with van der Waals surface area (Å²) in [4.78, 5) is 0. The van der Waals surface area contributed by atoms with Gasteiger partial charge in [-0.25, -0.2) is 0 Å². The molecule has 0 aliphatic heterocycles. The molecule has 1 aromatic rings. The normalized spacial score (nSPS) is 12.5. The molecule has 1 aromatic carbocycles. The molecule has 0 aromatic heterocycles. The summed E-state index contributed by atoms with van der Waals surface area (Å²) in [7, 11) is 0. The van der Waals surface area contributed by atoms with E-state index in [0.717, 1.165) is 36.3 Å². The fourth-order valence-corrected chi connectivity index (χ4v) is 1.54. The van der Waals surface area contributed by atoms with Gasteiger partial charge < -0.3 is 16.2 Å². The molecule has 15 heavy (non-hydrogen) atoms. The largest absolute Gasteiger partial charge is 0.399 e. The predicted octanol–water partition coefficient (Wildman–Crippen LogP) is 2.15. The fraction of sp³-hybridized carbons (Fsp3) is 0.500. The Morgan fingerprint density at radius 2 is 2.13 bits per heavy atom. The van der Waals surface area contributed by atoms with Crippen LogP contribution in [0.5, 0.6) is 0 Å². The fourth-order valence-electron chi connectivity index (χ4n) is 1.54. The van der Waals surface area contributed by atoms with Gasteiger partial charge in [0.2, 0.25) is 0 Å². The number of nitrogens with one attached hydrogen (secondary N) is 1. The van der Waals surface area contributed by atoms with Crippen LogP contribution in [0.25, 0.3) is 0 Å². The molecule has 3 heteroatoms. The summed E-state index contributed by atoms with van der Waals surface area (Å²) in [6.07, 6.45) is 1.58. The number of nitrogens with two attached hydrogens (primary N) is 1. The van der Waals surface area contributed by atoms with E-state index in [2.05, 4.69) is 11.4 Å². The number of nitrogen functional groups attached to an aromatic ring is 1. The van der Waals surface area contributed by atoms with E-state index >= 15 is 0 Å². The van der Waals surface area contributed by atoms with E-state index < -0.39 is 0 Å². The van der Waals surface area contributed by atoms with Gasteiger partial charge in [0, 0.05) is 17.9 Å². The van der Waals surface area contributed by atoms with Gasteiger partial charge in [0.25, 0.3) is 0 Å². The van der Waals surface area contributed by atoms with Crippen LogP contribution in [0, 0.1) is 6.92 Å². The number of aliphatic hydroxyl groups is 1. The Kier molecular flexibility index (Phi) is 4.43. The maximum atomic E-state index is 9.09. The second-order valence-electron chi connectivity index (χ2n) is 4.05. The van der Waals surface area contributed by atoms with Gasteiger partial charge >= 0.3 is 0 Å². The lowest BCUT2D eigenvalue weighted by atomic mass is 10.2. The summed E-state index contributed by atoms with van der Waals surface area (Å²) < 4.78 is 0. The molecule has 1 unspecified atom stereocenters. The summed E-state index contributed by atoms with van der Waals surface area (Å²) in [5, 5.41) is 12.4. The van der Waals surface area contributed by atoms with Gasteiger partial charge in [-0.15, -0.1) is 0 Å². The van der Waals surface area contributed by atoms with E-state index in [9.17, 15) is 0 Å². The van der Waals surface area contributed by atoms with Crippen LogP contribution < -0.4 is 11.1 Å². The highest BCUT2D eigenvalue weighted by Gasteiger charge is 1.97. The average molecular weight is 208 g/mol. The molecule has 0 fully saturated rings. The first kappa shape index (κ1) is 11.9. The zero-order chi connectivity index (χ0) is 11.3. The van der Waals surface area contributed by atoms with Crippen molar-refractivity contribution in [3.63, 3.8) is 0 Å². The number of rotatable bonds is 5. The Morgan fingerprint density at radius 1 is 1.40 bits per heavy atom. The topological polar surface area (TPSA) is 58.3 Å². The molecule has 0 heterocycles. The molecule has 0 saturated carbocycles. The molecule has 4 N–H and O–H groups in total. The van der Waals surface area contributed by atoms with Gasteiger partial charge in [-0.1, -0.05) is 0 Å². The van der Waals surface area contributed by atoms with Crippen LogP contribution in [-0.2, 0) is 0 Å². The number of anilines is 2. The lowest BCUT2D eigenvalue weighted by molar-refractivity contribution is 0.183. The first-order valence-electron chi connectivity index (χ1n) is 5.37. The van der Waals surface area contributed by atoms with Crippen LogP contribution in [0.15, 0.2) is 18.2 Å². The van der Waals surface area contributed by atoms with Crippen molar-refractivity contribution in [2.45, 2.75) is 32.8 Å². The van der Waals surface area contributed by atoms with Crippen molar-refractivity contribution in [1.82, 2.24) is 0 Å². The third kappa shape index (κ3) is 4.70. The van der Waals surface area contributed by atoms with Crippen LogP contribution in [0.3, 0.4) is 0 Å². The number of benzene rings is 1. The minimum absolute atomic E-state index is 0.214. The maximum absolute atomic E-state index is 9.09. The molecule has 0 amide bonds. The Labute approximate surface area is 91.3 Å². The third-order valence-corrected chi connectivity index (χ3v) is 2.23. The SMILES string of the molecule is Cc1cc(N)cc(NCCCC(C)O)c1. The number of aryl methyl sites for hydroxylation is 1. The van der Waals surface area contributed by atoms with Gasteiger partial charge in [0.15, 0.2) is 0 Å². The van der Waals surface area contributed by atoms with Gasteiger partial charge in [0.1, 0.15) is 0 Å². The zero-order valence-electron chi connectivity index (χ0n) is 9.46. The average Bonchev–Trinajstić information content (AvgIpc) is 2.10. The Morgan fingerprint density at radius 3 is 2.73 bits per heavy atom. The molecular weight excluding hydrogens is 188 g/mol. The molecule has 0 spiro atoms. The number of aliphatic hydroxyl groups excluding tert-OH is 1. The Hall–Kier alpha value is -1.22. The maximum Gasteiger partial charge on any atom is 0.0512 e. The van der Waals surface area contributed by atoms with Crippen molar-refractivity contribution in [2.24, 2.45) is 0 Å². The predicted molar refractivity (Wildman–Crippen MR) is 65.0 cm³/mol. The minimum atomic E-state index is -0.214. The van der Waals surface area contributed by atoms with Crippen molar-refractivity contribution in [2.75, 3.05) is 17.6 Å². The highest BCUT2D eigenvalue weighted by Crippen LogP contribution is 2.15. The van der Waals surface area contributed by atoms with Gasteiger partial charge in [-0.3, -0.25) is 0 Å². The lowest BCUT2D eigenvalue weighted by Crippen LogP contribution is -2.06. The molecule has 0 bridgehead atoms. The third-order valence-electron chi connectivity index (χ3n) is 2.23. The van der Waals surface area contributed by atoms with E-state index in [1.54, 1.807) is 0 Å². The first-order chi connectivity index (χ1) is 7.08. The van der Waals surface area contributed by atoms with Crippen LogP contribution in [-0.4, -0.2) is 17.8 Å². The van der Waals surface area contributed by atoms with Crippen molar-refractivity contribution < 1.29 is 5.11 Å². The van der Waals surface area contributed by atoms with E-state index in [-0.39, 0.29) is 6.10 Å². The molecule has 3 nitrogen and oxygen atoms in total. The molecule has 1 rings (SSSR count). The number of hydrogen-bond donors (Lipinski definition) is 3. The monoisotopic (exact) mass is 208 g/mol. The van der Waals surface area contributed by atoms with Crippen LogP contribution in [0.1, 0.15) is 25.3 Å². The lowest BCUT2D eigenvalue weighted by Gasteiger charge is -2.09. The number of hydrogen-bond acceptors (Lipinski definition) is 3. The molecule has 0 radical (unpaired) electrons. The van der Waals surface area contributed by atoms with Crippen LogP contribution >= 0.6 is 0 Å². The second-order valence-corrected chi connectivity index (χ2v) is 4.05. The Balaban J connectivity index is 2.37.